The highest BCUT2D eigenvalue weighted by Crippen LogP contribution is 2.39. The summed E-state index contributed by atoms with van der Waals surface area (Å²) >= 11 is -0.798. The van der Waals surface area contributed by atoms with E-state index in [1.54, 1.807) is 0 Å². The van der Waals surface area contributed by atoms with Crippen LogP contribution in [0.5, 0.6) is 0 Å². The maximum atomic E-state index is 14.0. The van der Waals surface area contributed by atoms with Gasteiger partial charge in [-0.3, -0.25) is 20.2 Å². The second-order valence-corrected chi connectivity index (χ2v) is 9.79. The number of rotatable bonds is 10. The molecule has 0 spiro atoms. The van der Waals surface area contributed by atoms with Gasteiger partial charge >= 0.3 is 4.59 Å². The Hall–Kier alpha value is -1.20. The Kier molecular flexibility index (Phi) is 8.48. The summed E-state index contributed by atoms with van der Waals surface area (Å²) < 4.78 is 52.3. The van der Waals surface area contributed by atoms with Crippen molar-refractivity contribution in [1.82, 2.24) is 4.31 Å². The van der Waals surface area contributed by atoms with E-state index in [1.165, 1.54) is 0 Å². The summed E-state index contributed by atoms with van der Waals surface area (Å²) in [6, 6.07) is -2.51. The molecule has 0 bridgehead atoms. The number of alkyl halides is 2. The zero-order valence-electron chi connectivity index (χ0n) is 15.2. The molecule has 0 radical (unpaired) electrons. The van der Waals surface area contributed by atoms with E-state index in [0.717, 1.165) is 6.42 Å². The minimum atomic E-state index is -4.99. The lowest BCUT2D eigenvalue weighted by molar-refractivity contribution is -0.590. The van der Waals surface area contributed by atoms with Crippen LogP contribution in [0, 0.1) is 26.1 Å². The molecule has 2 fully saturated rings. The summed E-state index contributed by atoms with van der Waals surface area (Å²) in [5, 5.41) is 26.3. The Balaban J connectivity index is 1.85. The standard InChI is InChI=1S/C13H21F2N3O9S2/c14-13(15,29(23,24)16-7-2-1-3-8-16)28-27-26-25-9-10-11(17(19)20)5-4-6-12(10)18(21)22/h10-12H,1-9H2. The van der Waals surface area contributed by atoms with Crippen molar-refractivity contribution in [2.24, 2.45) is 5.92 Å². The van der Waals surface area contributed by atoms with E-state index in [0.29, 0.717) is 23.6 Å². The molecule has 1 aliphatic heterocycles. The molecule has 168 valence electrons. The Morgan fingerprint density at radius 2 is 1.59 bits per heavy atom. The number of piperidine rings is 1. The van der Waals surface area contributed by atoms with Crippen LogP contribution in [0.2, 0.25) is 0 Å². The van der Waals surface area contributed by atoms with Crippen molar-refractivity contribution >= 4 is 22.1 Å². The summed E-state index contributed by atoms with van der Waals surface area (Å²) in [6.45, 7) is -0.702. The first-order chi connectivity index (χ1) is 13.6. The molecule has 12 nitrogen and oxygen atoms in total. The van der Waals surface area contributed by atoms with Gasteiger partial charge < -0.3 is 0 Å². The molecule has 0 aromatic rings. The molecule has 2 aliphatic rings. The van der Waals surface area contributed by atoms with Crippen molar-refractivity contribution in [3.05, 3.63) is 20.2 Å². The van der Waals surface area contributed by atoms with Crippen LogP contribution < -0.4 is 0 Å². The van der Waals surface area contributed by atoms with Crippen LogP contribution in [-0.4, -0.2) is 58.9 Å². The summed E-state index contributed by atoms with van der Waals surface area (Å²) in [5.74, 6) is -1.15. The van der Waals surface area contributed by atoms with Crippen molar-refractivity contribution in [2.45, 2.75) is 55.2 Å². The van der Waals surface area contributed by atoms with Crippen molar-refractivity contribution in [3.63, 3.8) is 0 Å². The molecule has 2 atom stereocenters. The Labute approximate surface area is 169 Å². The highest BCUT2D eigenvalue weighted by atomic mass is 32.3. The monoisotopic (exact) mass is 465 g/mol. The third-order valence-corrected chi connectivity index (χ3v) is 7.75. The average Bonchev–Trinajstić information content (AvgIpc) is 2.67. The van der Waals surface area contributed by atoms with E-state index >= 15 is 0 Å². The van der Waals surface area contributed by atoms with E-state index in [1.807, 2.05) is 0 Å². The van der Waals surface area contributed by atoms with Gasteiger partial charge in [0.1, 0.15) is 24.6 Å². The second kappa shape index (κ2) is 10.2. The highest BCUT2D eigenvalue weighted by molar-refractivity contribution is 8.10. The van der Waals surface area contributed by atoms with Crippen LogP contribution in [0.25, 0.3) is 0 Å². The lowest BCUT2D eigenvalue weighted by Gasteiger charge is -2.28. The van der Waals surface area contributed by atoms with Gasteiger partial charge in [0.05, 0.1) is 0 Å². The maximum absolute atomic E-state index is 14.0. The van der Waals surface area contributed by atoms with Crippen molar-refractivity contribution in [2.75, 3.05) is 19.7 Å². The van der Waals surface area contributed by atoms with Gasteiger partial charge in [0.15, 0.2) is 0 Å². The number of sulfonamides is 1. The van der Waals surface area contributed by atoms with E-state index in [4.69, 9.17) is 0 Å². The summed E-state index contributed by atoms with van der Waals surface area (Å²) in [5.41, 5.74) is 0. The number of nitro groups is 2. The molecule has 1 heterocycles. The van der Waals surface area contributed by atoms with Crippen LogP contribution in [0.15, 0.2) is 0 Å². The van der Waals surface area contributed by atoms with E-state index < -0.39 is 61.1 Å². The SMILES string of the molecule is O=[N+]([O-])C1CCCC([N+](=O)[O-])C1COOOSC(F)(F)S(=O)(=O)N1CCCCC1. The predicted molar refractivity (Wildman–Crippen MR) is 93.9 cm³/mol. The van der Waals surface area contributed by atoms with Crippen LogP contribution in [0.4, 0.5) is 8.78 Å². The first kappa shape index (κ1) is 24.1. The Morgan fingerprint density at radius 3 is 2.10 bits per heavy atom. The van der Waals surface area contributed by atoms with Crippen molar-refractivity contribution in [3.8, 4) is 0 Å². The lowest BCUT2D eigenvalue weighted by Crippen LogP contribution is -2.46. The number of hydrogen-bond donors (Lipinski definition) is 0. The molecule has 16 heteroatoms. The zero-order valence-corrected chi connectivity index (χ0v) is 16.8. The quantitative estimate of drug-likeness (QED) is 0.154. The lowest BCUT2D eigenvalue weighted by atomic mass is 9.81. The summed E-state index contributed by atoms with van der Waals surface area (Å²) in [4.78, 5) is 25.4. The molecule has 29 heavy (non-hydrogen) atoms. The van der Waals surface area contributed by atoms with Crippen molar-refractivity contribution in [1.29, 1.82) is 0 Å². The Morgan fingerprint density at radius 1 is 1.03 bits per heavy atom. The fourth-order valence-electron chi connectivity index (χ4n) is 3.44. The molecule has 2 rings (SSSR count). The minimum absolute atomic E-state index is 0.0257. The minimum Gasteiger partial charge on any atom is -0.264 e. The van der Waals surface area contributed by atoms with Gasteiger partial charge in [0.2, 0.25) is 12.1 Å². The van der Waals surface area contributed by atoms with E-state index in [9.17, 15) is 37.4 Å². The molecule has 1 saturated carbocycles. The molecule has 2 unspecified atom stereocenters. The molecule has 0 amide bonds. The van der Waals surface area contributed by atoms with E-state index in [2.05, 4.69) is 14.3 Å². The fourth-order valence-corrected chi connectivity index (χ4v) is 5.37. The third-order valence-electron chi connectivity index (χ3n) is 4.95. The predicted octanol–water partition coefficient (Wildman–Crippen LogP) is 1.97. The first-order valence-corrected chi connectivity index (χ1v) is 11.0. The van der Waals surface area contributed by atoms with Gasteiger partial charge in [0, 0.05) is 35.8 Å². The topological polar surface area (TPSA) is 151 Å². The largest absolute Gasteiger partial charge is 0.433 e. The number of hydrogen-bond acceptors (Lipinski definition) is 10. The van der Waals surface area contributed by atoms with Gasteiger partial charge in [0.25, 0.3) is 10.0 Å². The summed E-state index contributed by atoms with van der Waals surface area (Å²) in [7, 11) is -4.99. The second-order valence-electron chi connectivity index (χ2n) is 6.73. The molecule has 1 saturated heterocycles. The molecular weight excluding hydrogens is 444 g/mol. The normalized spacial score (nSPS) is 26.9. The first-order valence-electron chi connectivity index (χ1n) is 8.86. The Bertz CT molecular complexity index is 669. The number of nitrogens with zero attached hydrogens (tertiary/aromatic N) is 3. The van der Waals surface area contributed by atoms with Gasteiger partial charge in [-0.15, -0.1) is 4.33 Å². The van der Waals surface area contributed by atoms with E-state index in [-0.39, 0.29) is 25.9 Å². The van der Waals surface area contributed by atoms with Gasteiger partial charge in [-0.1, -0.05) is 11.5 Å². The average molecular weight is 465 g/mol. The zero-order chi connectivity index (χ0) is 21.7. The molecular formula is C13H21F2N3O9S2. The van der Waals surface area contributed by atoms with Crippen LogP contribution in [-0.2, 0) is 24.3 Å². The van der Waals surface area contributed by atoms with Crippen LogP contribution >= 0.6 is 12.0 Å². The summed E-state index contributed by atoms with van der Waals surface area (Å²) in [6.07, 6.45) is 2.19. The van der Waals surface area contributed by atoms with Gasteiger partial charge in [-0.05, 0) is 19.3 Å². The highest BCUT2D eigenvalue weighted by Gasteiger charge is 2.52. The fraction of sp³-hybridized carbons (Fsp3) is 1.00. The van der Waals surface area contributed by atoms with Crippen LogP contribution in [0.1, 0.15) is 38.5 Å². The molecule has 0 N–H and O–H groups in total. The molecule has 0 aromatic carbocycles. The van der Waals surface area contributed by atoms with Gasteiger partial charge in [-0.25, -0.2) is 13.3 Å². The van der Waals surface area contributed by atoms with Crippen molar-refractivity contribution < 1.29 is 41.3 Å². The third kappa shape index (κ3) is 5.91. The van der Waals surface area contributed by atoms with Crippen LogP contribution in [0.3, 0.4) is 0 Å². The number of halogens is 2. The smallest absolute Gasteiger partial charge is 0.264 e. The molecule has 1 aliphatic carbocycles. The molecule has 0 aromatic heterocycles. The maximum Gasteiger partial charge on any atom is 0.433 e. The van der Waals surface area contributed by atoms with Gasteiger partial charge in [-0.2, -0.15) is 13.1 Å².